The zero-order valence-electron chi connectivity index (χ0n) is 11.0. The summed E-state index contributed by atoms with van der Waals surface area (Å²) >= 11 is 0. The van der Waals surface area contributed by atoms with E-state index < -0.39 is 0 Å². The van der Waals surface area contributed by atoms with Crippen LogP contribution in [-0.4, -0.2) is 41.3 Å². The van der Waals surface area contributed by atoms with E-state index >= 15 is 0 Å². The zero-order chi connectivity index (χ0) is 14.5. The van der Waals surface area contributed by atoms with Crippen molar-refractivity contribution in [1.29, 1.82) is 0 Å². The highest BCUT2D eigenvalue weighted by Crippen LogP contribution is 2.18. The molecule has 4 N–H and O–H groups in total. The summed E-state index contributed by atoms with van der Waals surface area (Å²) in [5.41, 5.74) is 11.4. The molecule has 0 radical (unpaired) electrons. The first-order valence-corrected chi connectivity index (χ1v) is 6.36. The third-order valence-electron chi connectivity index (χ3n) is 3.21. The van der Waals surface area contributed by atoms with Crippen LogP contribution in [0, 0.1) is 17.8 Å². The van der Waals surface area contributed by atoms with Crippen LogP contribution in [0.1, 0.15) is 22.5 Å². The minimum atomic E-state index is -0.371. The van der Waals surface area contributed by atoms with Crippen LogP contribution in [-0.2, 0) is 4.79 Å². The molecule has 104 valence electrons. The van der Waals surface area contributed by atoms with Crippen LogP contribution in [0.3, 0.4) is 0 Å². The van der Waals surface area contributed by atoms with Crippen molar-refractivity contribution in [3.8, 4) is 11.8 Å². The van der Waals surface area contributed by atoms with Crippen molar-refractivity contribution >= 4 is 11.8 Å². The third-order valence-corrected chi connectivity index (χ3v) is 3.21. The number of hydrogen-bond donors (Lipinski definition) is 2. The largest absolute Gasteiger partial charge is 0.369 e. The van der Waals surface area contributed by atoms with Crippen molar-refractivity contribution < 1.29 is 9.59 Å². The summed E-state index contributed by atoms with van der Waals surface area (Å²) in [6.45, 7) is 1.07. The fourth-order valence-electron chi connectivity index (χ4n) is 2.15. The summed E-state index contributed by atoms with van der Waals surface area (Å²) in [4.78, 5) is 29.2. The van der Waals surface area contributed by atoms with Gasteiger partial charge < -0.3 is 16.4 Å². The van der Waals surface area contributed by atoms with Gasteiger partial charge in [0.1, 0.15) is 5.69 Å². The maximum Gasteiger partial charge on any atom is 0.273 e. The van der Waals surface area contributed by atoms with E-state index in [0.717, 1.165) is 0 Å². The van der Waals surface area contributed by atoms with Gasteiger partial charge in [0.25, 0.3) is 5.91 Å². The van der Waals surface area contributed by atoms with Crippen LogP contribution in [0.25, 0.3) is 0 Å². The molecule has 2 rings (SSSR count). The van der Waals surface area contributed by atoms with E-state index in [1.54, 1.807) is 23.2 Å². The molecule has 1 aromatic heterocycles. The Kier molecular flexibility index (Phi) is 4.33. The molecule has 0 bridgehead atoms. The van der Waals surface area contributed by atoms with Crippen molar-refractivity contribution in [1.82, 2.24) is 9.88 Å². The Labute approximate surface area is 117 Å². The number of nitrogens with zero attached hydrogens (tertiary/aromatic N) is 2. The van der Waals surface area contributed by atoms with Crippen LogP contribution < -0.4 is 11.5 Å². The Morgan fingerprint density at radius 3 is 2.95 bits per heavy atom. The maximum atomic E-state index is 12.4. The molecule has 1 aliphatic rings. The number of hydrogen-bond acceptors (Lipinski definition) is 4. The number of rotatable bonds is 2. The Balaban J connectivity index is 2.20. The van der Waals surface area contributed by atoms with Gasteiger partial charge in [-0.1, -0.05) is 11.8 Å². The van der Waals surface area contributed by atoms with Gasteiger partial charge in [-0.2, -0.15) is 0 Å². The molecule has 1 unspecified atom stereocenters. The van der Waals surface area contributed by atoms with Crippen LogP contribution in [0.5, 0.6) is 0 Å². The molecule has 20 heavy (non-hydrogen) atoms. The Bertz CT molecular complexity index is 588. The molecule has 2 amide bonds. The molecule has 2 heterocycles. The molecule has 0 aliphatic carbocycles. The summed E-state index contributed by atoms with van der Waals surface area (Å²) < 4.78 is 0. The predicted octanol–water partition coefficient (Wildman–Crippen LogP) is -0.661. The van der Waals surface area contributed by atoms with Gasteiger partial charge in [-0.05, 0) is 18.6 Å². The number of carbonyl (C=O) groups excluding carboxylic acids is 2. The molecule has 0 saturated carbocycles. The van der Waals surface area contributed by atoms with Crippen molar-refractivity contribution in [2.45, 2.75) is 6.42 Å². The van der Waals surface area contributed by atoms with Gasteiger partial charge in [-0.25, -0.2) is 4.98 Å². The van der Waals surface area contributed by atoms with E-state index in [9.17, 15) is 9.59 Å². The van der Waals surface area contributed by atoms with Gasteiger partial charge in [0.15, 0.2) is 0 Å². The number of nitrogens with two attached hydrogens (primary N) is 2. The normalized spacial score (nSPS) is 17.4. The average Bonchev–Trinajstić information content (AvgIpc) is 2.94. The lowest BCUT2D eigenvalue weighted by Gasteiger charge is -2.16. The zero-order valence-corrected chi connectivity index (χ0v) is 11.0. The van der Waals surface area contributed by atoms with Crippen molar-refractivity contribution in [2.75, 3.05) is 19.6 Å². The van der Waals surface area contributed by atoms with E-state index in [0.29, 0.717) is 30.8 Å². The quantitative estimate of drug-likeness (QED) is 0.697. The van der Waals surface area contributed by atoms with E-state index in [2.05, 4.69) is 16.8 Å². The summed E-state index contributed by atoms with van der Waals surface area (Å²) in [5.74, 6) is 4.67. The second kappa shape index (κ2) is 6.17. The molecule has 1 saturated heterocycles. The summed E-state index contributed by atoms with van der Waals surface area (Å²) in [6.07, 6.45) is 2.14. The number of aromatic nitrogens is 1. The monoisotopic (exact) mass is 272 g/mol. The number of carbonyl (C=O) groups is 2. The fraction of sp³-hybridized carbons (Fsp3) is 0.357. The minimum absolute atomic E-state index is 0.218. The van der Waals surface area contributed by atoms with Gasteiger partial charge in [-0.15, -0.1) is 0 Å². The molecule has 1 atom stereocenters. The second-order valence-electron chi connectivity index (χ2n) is 4.54. The number of pyridine rings is 1. The maximum absolute atomic E-state index is 12.4. The highest BCUT2D eigenvalue weighted by molar-refractivity contribution is 5.95. The number of primary amides is 1. The molecule has 6 heteroatoms. The van der Waals surface area contributed by atoms with E-state index in [1.807, 2.05) is 0 Å². The van der Waals surface area contributed by atoms with Crippen LogP contribution in [0.15, 0.2) is 18.3 Å². The first kappa shape index (κ1) is 14.0. The molecule has 1 fully saturated rings. The average molecular weight is 272 g/mol. The molecule has 6 nitrogen and oxygen atoms in total. The highest BCUT2D eigenvalue weighted by atomic mass is 16.2. The lowest BCUT2D eigenvalue weighted by Crippen LogP contribution is -2.32. The number of likely N-dealkylation sites (tertiary alicyclic amines) is 1. The standard InChI is InChI=1S/C14H16N4O2/c15-6-1-3-10-4-2-7-17-12(10)14(20)18-8-5-11(9-18)13(16)19/h2,4,7,11H,5-6,8-9,15H2,(H2,16,19). The smallest absolute Gasteiger partial charge is 0.273 e. The Morgan fingerprint density at radius 2 is 2.30 bits per heavy atom. The van der Waals surface area contributed by atoms with Gasteiger partial charge >= 0.3 is 0 Å². The summed E-state index contributed by atoms with van der Waals surface area (Å²) in [6, 6.07) is 3.44. The molecular weight excluding hydrogens is 256 g/mol. The highest BCUT2D eigenvalue weighted by Gasteiger charge is 2.31. The molecule has 1 aromatic rings. The molecular formula is C14H16N4O2. The van der Waals surface area contributed by atoms with E-state index in [1.165, 1.54) is 0 Å². The Hall–Kier alpha value is -2.39. The van der Waals surface area contributed by atoms with E-state index in [4.69, 9.17) is 11.5 Å². The molecule has 1 aliphatic heterocycles. The van der Waals surface area contributed by atoms with Gasteiger partial charge in [0, 0.05) is 19.3 Å². The summed E-state index contributed by atoms with van der Waals surface area (Å²) in [5, 5.41) is 0. The minimum Gasteiger partial charge on any atom is -0.369 e. The van der Waals surface area contributed by atoms with E-state index in [-0.39, 0.29) is 24.3 Å². The van der Waals surface area contributed by atoms with Gasteiger partial charge in [0.05, 0.1) is 18.0 Å². The Morgan fingerprint density at radius 1 is 1.50 bits per heavy atom. The number of amides is 2. The van der Waals surface area contributed by atoms with Crippen LogP contribution in [0.2, 0.25) is 0 Å². The molecule has 0 spiro atoms. The first-order valence-electron chi connectivity index (χ1n) is 6.36. The van der Waals surface area contributed by atoms with Crippen molar-refractivity contribution in [2.24, 2.45) is 17.4 Å². The fourth-order valence-corrected chi connectivity index (χ4v) is 2.15. The lowest BCUT2D eigenvalue weighted by molar-refractivity contribution is -0.121. The topological polar surface area (TPSA) is 102 Å². The van der Waals surface area contributed by atoms with Gasteiger partial charge in [-0.3, -0.25) is 9.59 Å². The van der Waals surface area contributed by atoms with Crippen molar-refractivity contribution in [3.63, 3.8) is 0 Å². The van der Waals surface area contributed by atoms with Crippen LogP contribution in [0.4, 0.5) is 0 Å². The second-order valence-corrected chi connectivity index (χ2v) is 4.54. The SMILES string of the molecule is NCC#Cc1cccnc1C(=O)N1CCC(C(N)=O)C1. The van der Waals surface area contributed by atoms with Crippen LogP contribution >= 0.6 is 0 Å². The first-order chi connectivity index (χ1) is 9.63. The lowest BCUT2D eigenvalue weighted by atomic mass is 10.1. The van der Waals surface area contributed by atoms with Gasteiger partial charge in [0.2, 0.25) is 5.91 Å². The predicted molar refractivity (Wildman–Crippen MR) is 73.4 cm³/mol. The third kappa shape index (κ3) is 2.95. The molecule has 0 aromatic carbocycles. The summed E-state index contributed by atoms with van der Waals surface area (Å²) in [7, 11) is 0. The van der Waals surface area contributed by atoms with Crippen molar-refractivity contribution in [3.05, 3.63) is 29.6 Å².